The Labute approximate surface area is 140 Å². The van der Waals surface area contributed by atoms with Gasteiger partial charge in [0.15, 0.2) is 0 Å². The van der Waals surface area contributed by atoms with E-state index < -0.39 is 6.61 Å². The lowest BCUT2D eigenvalue weighted by molar-refractivity contribution is -0.116. The van der Waals surface area contributed by atoms with Crippen molar-refractivity contribution >= 4 is 12.0 Å². The van der Waals surface area contributed by atoms with E-state index in [1.54, 1.807) is 18.2 Å². The maximum absolute atomic E-state index is 12.3. The van der Waals surface area contributed by atoms with Crippen LogP contribution in [-0.4, -0.2) is 19.1 Å². The third-order valence-electron chi connectivity index (χ3n) is 3.50. The van der Waals surface area contributed by atoms with E-state index in [0.29, 0.717) is 12.1 Å². The zero-order chi connectivity index (χ0) is 17.4. The highest BCUT2D eigenvalue weighted by Gasteiger charge is 2.07. The number of carbonyl (C=O) groups excluding carboxylic acids is 1. The topological polar surface area (TPSA) is 38.3 Å². The van der Waals surface area contributed by atoms with Crippen LogP contribution in [0.5, 0.6) is 5.75 Å². The molecule has 24 heavy (non-hydrogen) atoms. The van der Waals surface area contributed by atoms with Crippen molar-refractivity contribution in [3.8, 4) is 5.75 Å². The van der Waals surface area contributed by atoms with Gasteiger partial charge < -0.3 is 10.1 Å². The fraction of sp³-hybridized carbons (Fsp3) is 0.211. The SMILES string of the molecule is Cc1ccccc1CCNC(=O)/C=C/c1ccccc1OC(F)F. The number of carbonyl (C=O) groups is 1. The summed E-state index contributed by atoms with van der Waals surface area (Å²) < 4.78 is 29.1. The number of benzene rings is 2. The first-order chi connectivity index (χ1) is 11.6. The number of halogens is 2. The van der Waals surface area contributed by atoms with Crippen LogP contribution in [0.15, 0.2) is 54.6 Å². The lowest BCUT2D eigenvalue weighted by Crippen LogP contribution is -2.23. The summed E-state index contributed by atoms with van der Waals surface area (Å²) in [5.74, 6) is -0.244. The van der Waals surface area contributed by atoms with Gasteiger partial charge in [0, 0.05) is 18.2 Å². The molecule has 0 fully saturated rings. The molecule has 5 heteroatoms. The molecule has 0 saturated carbocycles. The van der Waals surface area contributed by atoms with Crippen molar-refractivity contribution in [1.29, 1.82) is 0 Å². The lowest BCUT2D eigenvalue weighted by atomic mass is 10.1. The van der Waals surface area contributed by atoms with E-state index in [1.807, 2.05) is 31.2 Å². The maximum atomic E-state index is 12.3. The van der Waals surface area contributed by atoms with Crippen LogP contribution >= 0.6 is 0 Å². The Balaban J connectivity index is 1.88. The van der Waals surface area contributed by atoms with Crippen LogP contribution in [-0.2, 0) is 11.2 Å². The molecule has 0 aliphatic rings. The average Bonchev–Trinajstić information content (AvgIpc) is 2.55. The summed E-state index contributed by atoms with van der Waals surface area (Å²) in [6, 6.07) is 14.3. The molecule has 0 unspecified atom stereocenters. The molecule has 2 rings (SSSR count). The van der Waals surface area contributed by atoms with Crippen molar-refractivity contribution in [3.05, 3.63) is 71.3 Å². The van der Waals surface area contributed by atoms with Gasteiger partial charge >= 0.3 is 6.61 Å². The van der Waals surface area contributed by atoms with E-state index in [4.69, 9.17) is 0 Å². The summed E-state index contributed by atoms with van der Waals surface area (Å²) in [7, 11) is 0. The second-order valence-corrected chi connectivity index (χ2v) is 5.22. The minimum absolute atomic E-state index is 0.0384. The van der Waals surface area contributed by atoms with Gasteiger partial charge in [-0.05, 0) is 36.6 Å². The van der Waals surface area contributed by atoms with Crippen molar-refractivity contribution in [2.45, 2.75) is 20.0 Å². The molecule has 0 spiro atoms. The first-order valence-electron chi connectivity index (χ1n) is 7.60. The Morgan fingerprint density at radius 1 is 1.17 bits per heavy atom. The van der Waals surface area contributed by atoms with Crippen LogP contribution < -0.4 is 10.1 Å². The lowest BCUT2D eigenvalue weighted by Gasteiger charge is -2.07. The van der Waals surface area contributed by atoms with E-state index in [1.165, 1.54) is 29.3 Å². The van der Waals surface area contributed by atoms with Crippen molar-refractivity contribution < 1.29 is 18.3 Å². The Kier molecular flexibility index (Phi) is 6.49. The highest BCUT2D eigenvalue weighted by atomic mass is 19.3. The molecular weight excluding hydrogens is 312 g/mol. The van der Waals surface area contributed by atoms with Crippen LogP contribution in [0.25, 0.3) is 6.08 Å². The molecule has 0 atom stereocenters. The van der Waals surface area contributed by atoms with Crippen LogP contribution in [0, 0.1) is 6.92 Å². The van der Waals surface area contributed by atoms with Gasteiger partial charge in [0.25, 0.3) is 0 Å². The molecule has 0 aromatic heterocycles. The van der Waals surface area contributed by atoms with Gasteiger partial charge in [0.2, 0.25) is 5.91 Å². The normalized spacial score (nSPS) is 11.0. The number of amides is 1. The Hall–Kier alpha value is -2.69. The quantitative estimate of drug-likeness (QED) is 0.780. The largest absolute Gasteiger partial charge is 0.434 e. The Morgan fingerprint density at radius 3 is 2.62 bits per heavy atom. The molecule has 0 heterocycles. The molecule has 2 aromatic rings. The van der Waals surface area contributed by atoms with Crippen LogP contribution in [0.1, 0.15) is 16.7 Å². The molecule has 3 nitrogen and oxygen atoms in total. The molecule has 1 amide bonds. The minimum Gasteiger partial charge on any atom is -0.434 e. The van der Waals surface area contributed by atoms with Gasteiger partial charge in [-0.3, -0.25) is 4.79 Å². The third kappa shape index (κ3) is 5.50. The number of ether oxygens (including phenoxy) is 1. The van der Waals surface area contributed by atoms with Crippen LogP contribution in [0.2, 0.25) is 0 Å². The minimum atomic E-state index is -2.90. The van der Waals surface area contributed by atoms with E-state index in [9.17, 15) is 13.6 Å². The highest BCUT2D eigenvalue weighted by Crippen LogP contribution is 2.21. The molecule has 0 radical (unpaired) electrons. The molecule has 1 N–H and O–H groups in total. The average molecular weight is 331 g/mol. The summed E-state index contributed by atoms with van der Waals surface area (Å²) >= 11 is 0. The van der Waals surface area contributed by atoms with Crippen LogP contribution in [0.4, 0.5) is 8.78 Å². The summed E-state index contributed by atoms with van der Waals surface area (Å²) in [6.07, 6.45) is 3.50. The predicted molar refractivity (Wildman–Crippen MR) is 90.0 cm³/mol. The van der Waals surface area contributed by atoms with Gasteiger partial charge in [-0.1, -0.05) is 42.5 Å². The molecule has 0 bridgehead atoms. The van der Waals surface area contributed by atoms with Crippen molar-refractivity contribution in [2.75, 3.05) is 6.54 Å². The van der Waals surface area contributed by atoms with Gasteiger partial charge in [-0.2, -0.15) is 8.78 Å². The number of para-hydroxylation sites is 1. The zero-order valence-corrected chi connectivity index (χ0v) is 13.3. The number of aryl methyl sites for hydroxylation is 1. The van der Waals surface area contributed by atoms with E-state index >= 15 is 0 Å². The summed E-state index contributed by atoms with van der Waals surface area (Å²) in [5, 5.41) is 2.77. The summed E-state index contributed by atoms with van der Waals surface area (Å²) in [6.45, 7) is -0.372. The number of rotatable bonds is 7. The number of alkyl halides is 2. The second-order valence-electron chi connectivity index (χ2n) is 5.22. The number of hydrogen-bond acceptors (Lipinski definition) is 2. The molecule has 126 valence electrons. The Morgan fingerprint density at radius 2 is 1.88 bits per heavy atom. The molecule has 2 aromatic carbocycles. The number of hydrogen-bond donors (Lipinski definition) is 1. The summed E-state index contributed by atoms with van der Waals surface area (Å²) in [5.41, 5.74) is 2.78. The Bertz CT molecular complexity index is 714. The smallest absolute Gasteiger partial charge is 0.387 e. The van der Waals surface area contributed by atoms with Crippen LogP contribution in [0.3, 0.4) is 0 Å². The van der Waals surface area contributed by atoms with Crippen molar-refractivity contribution in [3.63, 3.8) is 0 Å². The zero-order valence-electron chi connectivity index (χ0n) is 13.3. The van der Waals surface area contributed by atoms with E-state index in [-0.39, 0.29) is 11.7 Å². The highest BCUT2D eigenvalue weighted by molar-refractivity contribution is 5.92. The molecule has 0 aliphatic heterocycles. The van der Waals surface area contributed by atoms with Gasteiger partial charge in [0.05, 0.1) is 0 Å². The third-order valence-corrected chi connectivity index (χ3v) is 3.50. The maximum Gasteiger partial charge on any atom is 0.387 e. The first-order valence-corrected chi connectivity index (χ1v) is 7.60. The molecular formula is C19H19F2NO2. The van der Waals surface area contributed by atoms with Crippen molar-refractivity contribution in [1.82, 2.24) is 5.32 Å². The summed E-state index contributed by atoms with van der Waals surface area (Å²) in [4.78, 5) is 11.8. The molecule has 0 aliphatic carbocycles. The fourth-order valence-corrected chi connectivity index (χ4v) is 2.26. The monoisotopic (exact) mass is 331 g/mol. The second kappa shape index (κ2) is 8.82. The number of nitrogens with one attached hydrogen (secondary N) is 1. The first kappa shape index (κ1) is 17.7. The van der Waals surface area contributed by atoms with Gasteiger partial charge in [0.1, 0.15) is 5.75 Å². The van der Waals surface area contributed by atoms with Gasteiger partial charge in [-0.25, -0.2) is 0 Å². The molecule has 0 saturated heterocycles. The van der Waals surface area contributed by atoms with Gasteiger partial charge in [-0.15, -0.1) is 0 Å². The standard InChI is InChI=1S/C19H19F2NO2/c1-14-6-2-3-7-15(14)12-13-22-18(23)11-10-16-8-4-5-9-17(16)24-19(20)21/h2-11,19H,12-13H2,1H3,(H,22,23)/b11-10+. The fourth-order valence-electron chi connectivity index (χ4n) is 2.26. The predicted octanol–water partition coefficient (Wildman–Crippen LogP) is 3.97. The van der Waals surface area contributed by atoms with E-state index in [2.05, 4.69) is 10.1 Å². The van der Waals surface area contributed by atoms with Crippen molar-refractivity contribution in [2.24, 2.45) is 0 Å². The van der Waals surface area contributed by atoms with E-state index in [0.717, 1.165) is 6.42 Å².